The third-order valence-corrected chi connectivity index (χ3v) is 7.14. The molecule has 0 spiro atoms. The summed E-state index contributed by atoms with van der Waals surface area (Å²) in [5.74, 6) is 1.48. The van der Waals surface area contributed by atoms with Crippen LogP contribution in [0.4, 0.5) is 5.13 Å². The van der Waals surface area contributed by atoms with E-state index < -0.39 is 0 Å². The van der Waals surface area contributed by atoms with Crippen molar-refractivity contribution in [2.45, 2.75) is 25.7 Å². The highest BCUT2D eigenvalue weighted by Crippen LogP contribution is 2.36. The molecule has 0 amide bonds. The molecule has 0 bridgehead atoms. The van der Waals surface area contributed by atoms with Crippen LogP contribution in [0.1, 0.15) is 34.5 Å². The van der Waals surface area contributed by atoms with Crippen LogP contribution in [0.25, 0.3) is 9.53 Å². The summed E-state index contributed by atoms with van der Waals surface area (Å²) in [5, 5.41) is 1.09. The van der Waals surface area contributed by atoms with Crippen LogP contribution in [-0.4, -0.2) is 38.1 Å². The first kappa shape index (κ1) is 18.3. The summed E-state index contributed by atoms with van der Waals surface area (Å²) in [6.07, 6.45) is 4.10. The molecule has 1 aliphatic heterocycles. The van der Waals surface area contributed by atoms with Crippen LogP contribution in [0.3, 0.4) is 0 Å². The molecule has 2 aromatic heterocycles. The topological polar surface area (TPSA) is 51.7 Å². The number of thiophene rings is 1. The number of benzene rings is 1. The lowest BCUT2D eigenvalue weighted by molar-refractivity contribution is 0.0997. The molecule has 0 aliphatic carbocycles. The number of aromatic nitrogens is 1. The molecule has 0 unspecified atom stereocenters. The normalized spacial score (nSPS) is 14.5. The number of carbonyl (C=O) groups excluding carboxylic acids is 1. The lowest BCUT2D eigenvalue weighted by Gasteiger charge is -2.25. The third kappa shape index (κ3) is 3.94. The third-order valence-electron chi connectivity index (χ3n) is 4.76. The fourth-order valence-electron chi connectivity index (χ4n) is 3.32. The van der Waals surface area contributed by atoms with Gasteiger partial charge in [-0.15, -0.1) is 11.3 Å². The molecular formula is C20H22N2O3S2. The van der Waals surface area contributed by atoms with Crippen molar-refractivity contribution in [1.82, 2.24) is 4.98 Å². The number of methoxy groups -OCH3 is 2. The van der Waals surface area contributed by atoms with Crippen molar-refractivity contribution in [3.8, 4) is 11.5 Å². The predicted octanol–water partition coefficient (Wildman–Crippen LogP) is 4.79. The number of carbonyl (C=O) groups is 1. The highest BCUT2D eigenvalue weighted by Gasteiger charge is 2.19. The van der Waals surface area contributed by atoms with E-state index in [-0.39, 0.29) is 5.78 Å². The van der Waals surface area contributed by atoms with Crippen molar-refractivity contribution < 1.29 is 14.3 Å². The summed E-state index contributed by atoms with van der Waals surface area (Å²) in [6, 6.07) is 7.50. The molecule has 0 radical (unpaired) electrons. The van der Waals surface area contributed by atoms with Gasteiger partial charge in [0.25, 0.3) is 0 Å². The van der Waals surface area contributed by atoms with E-state index in [0.717, 1.165) is 38.2 Å². The molecule has 0 saturated carbocycles. The van der Waals surface area contributed by atoms with Crippen LogP contribution in [0.15, 0.2) is 24.3 Å². The number of ether oxygens (including phenoxy) is 2. The second kappa shape index (κ2) is 7.86. The zero-order chi connectivity index (χ0) is 18.8. The molecule has 4 rings (SSSR count). The molecule has 1 aromatic carbocycles. The van der Waals surface area contributed by atoms with Gasteiger partial charge in [-0.25, -0.2) is 4.98 Å². The van der Waals surface area contributed by atoms with Crippen LogP contribution in [-0.2, 0) is 6.42 Å². The Morgan fingerprint density at radius 2 is 1.74 bits per heavy atom. The maximum absolute atomic E-state index is 12.8. The number of rotatable bonds is 6. The number of ketones is 1. The molecule has 1 saturated heterocycles. The Balaban J connectivity index is 1.52. The van der Waals surface area contributed by atoms with E-state index in [9.17, 15) is 4.79 Å². The van der Waals surface area contributed by atoms with Crippen LogP contribution in [0, 0.1) is 0 Å². The minimum atomic E-state index is 0.0972. The predicted molar refractivity (Wildman–Crippen MR) is 111 cm³/mol. The first-order valence-electron chi connectivity index (χ1n) is 9.07. The molecule has 1 aliphatic rings. The Morgan fingerprint density at radius 3 is 2.37 bits per heavy atom. The van der Waals surface area contributed by atoms with Gasteiger partial charge in [-0.3, -0.25) is 4.79 Å². The van der Waals surface area contributed by atoms with Crippen molar-refractivity contribution in [2.75, 3.05) is 32.2 Å². The van der Waals surface area contributed by atoms with Crippen molar-refractivity contribution in [3.05, 3.63) is 34.7 Å². The van der Waals surface area contributed by atoms with Gasteiger partial charge in [-0.1, -0.05) is 11.3 Å². The highest BCUT2D eigenvalue weighted by atomic mass is 32.2. The number of hydrogen-bond donors (Lipinski definition) is 0. The van der Waals surface area contributed by atoms with E-state index in [1.54, 1.807) is 43.0 Å². The van der Waals surface area contributed by atoms with Crippen molar-refractivity contribution in [1.29, 1.82) is 0 Å². The average molecular weight is 403 g/mol. The molecule has 0 N–H and O–H groups in total. The van der Waals surface area contributed by atoms with Crippen LogP contribution < -0.4 is 14.4 Å². The maximum Gasteiger partial charge on any atom is 0.187 e. The second-order valence-corrected chi connectivity index (χ2v) is 8.94. The summed E-state index contributed by atoms with van der Waals surface area (Å²) in [4.78, 5) is 20.7. The summed E-state index contributed by atoms with van der Waals surface area (Å²) in [6.45, 7) is 2.18. The Bertz CT molecular complexity index is 904. The number of Topliss-reactive ketones (excluding diaryl/α,β-unsaturated/α-hetero) is 1. The molecule has 142 valence electrons. The van der Waals surface area contributed by atoms with Crippen LogP contribution in [0.5, 0.6) is 11.5 Å². The summed E-state index contributed by atoms with van der Waals surface area (Å²) < 4.78 is 11.7. The molecular weight excluding hydrogens is 380 g/mol. The first-order valence-corrected chi connectivity index (χ1v) is 10.7. The fourth-order valence-corrected chi connectivity index (χ4v) is 5.58. The Morgan fingerprint density at radius 1 is 1.04 bits per heavy atom. The van der Waals surface area contributed by atoms with Gasteiger partial charge < -0.3 is 14.4 Å². The standard InChI is InChI=1S/C20H22N2O3S2/c1-24-14-8-13(9-15(11-14)25-2)10-17(23)18-12-16-19(26-18)27-20(21-16)22-6-4-3-5-7-22/h8-9,11-12H,3-7,10H2,1-2H3. The molecule has 5 nitrogen and oxygen atoms in total. The Labute approximate surface area is 166 Å². The zero-order valence-electron chi connectivity index (χ0n) is 15.5. The van der Waals surface area contributed by atoms with Gasteiger partial charge in [0.05, 0.1) is 24.6 Å². The van der Waals surface area contributed by atoms with E-state index in [2.05, 4.69) is 4.90 Å². The van der Waals surface area contributed by atoms with Gasteiger partial charge in [-0.2, -0.15) is 0 Å². The largest absolute Gasteiger partial charge is 0.497 e. The summed E-state index contributed by atoms with van der Waals surface area (Å²) in [7, 11) is 3.22. The van der Waals surface area contributed by atoms with Crippen molar-refractivity contribution >= 4 is 43.1 Å². The Hall–Kier alpha value is -2.12. The molecule has 7 heteroatoms. The SMILES string of the molecule is COc1cc(CC(=O)c2cc3nc(N4CCCCC4)sc3s2)cc(OC)c1. The maximum atomic E-state index is 12.8. The number of fused-ring (bicyclic) bond motifs is 1. The van der Waals surface area contributed by atoms with E-state index >= 15 is 0 Å². The summed E-state index contributed by atoms with van der Waals surface area (Å²) >= 11 is 3.25. The quantitative estimate of drug-likeness (QED) is 0.555. The van der Waals surface area contributed by atoms with E-state index in [1.807, 2.05) is 18.2 Å². The average Bonchev–Trinajstić information content (AvgIpc) is 3.27. The minimum absolute atomic E-state index is 0.0972. The molecule has 27 heavy (non-hydrogen) atoms. The summed E-state index contributed by atoms with van der Waals surface area (Å²) in [5.41, 5.74) is 1.83. The fraction of sp³-hybridized carbons (Fsp3) is 0.400. The van der Waals surface area contributed by atoms with Gasteiger partial charge in [-0.05, 0) is 43.0 Å². The number of anilines is 1. The lowest BCUT2D eigenvalue weighted by atomic mass is 10.1. The van der Waals surface area contributed by atoms with Crippen molar-refractivity contribution in [3.63, 3.8) is 0 Å². The van der Waals surface area contributed by atoms with Gasteiger partial charge >= 0.3 is 0 Å². The molecule has 0 atom stereocenters. The van der Waals surface area contributed by atoms with Crippen LogP contribution >= 0.6 is 22.7 Å². The number of thiazole rings is 1. The van der Waals surface area contributed by atoms with E-state index in [1.165, 1.54) is 19.3 Å². The minimum Gasteiger partial charge on any atom is -0.497 e. The zero-order valence-corrected chi connectivity index (χ0v) is 17.1. The second-order valence-electron chi connectivity index (χ2n) is 6.65. The van der Waals surface area contributed by atoms with Crippen LogP contribution in [0.2, 0.25) is 0 Å². The van der Waals surface area contributed by atoms with Gasteiger partial charge in [0.15, 0.2) is 10.9 Å². The Kier molecular flexibility index (Phi) is 5.31. The van der Waals surface area contributed by atoms with E-state index in [0.29, 0.717) is 17.9 Å². The molecule has 1 fully saturated rings. The van der Waals surface area contributed by atoms with Gasteiger partial charge in [0.1, 0.15) is 15.5 Å². The number of piperidine rings is 1. The van der Waals surface area contributed by atoms with E-state index in [4.69, 9.17) is 14.5 Å². The molecule has 3 heterocycles. The first-order chi connectivity index (χ1) is 13.2. The highest BCUT2D eigenvalue weighted by molar-refractivity contribution is 7.40. The molecule has 3 aromatic rings. The smallest absolute Gasteiger partial charge is 0.187 e. The lowest BCUT2D eigenvalue weighted by Crippen LogP contribution is -2.29. The number of hydrogen-bond acceptors (Lipinski definition) is 7. The monoisotopic (exact) mass is 402 g/mol. The number of nitrogens with zero attached hydrogens (tertiary/aromatic N) is 2. The van der Waals surface area contributed by atoms with Crippen molar-refractivity contribution in [2.24, 2.45) is 0 Å². The van der Waals surface area contributed by atoms with Gasteiger partial charge in [0, 0.05) is 25.6 Å². The van der Waals surface area contributed by atoms with Gasteiger partial charge in [0.2, 0.25) is 0 Å².